The highest BCUT2D eigenvalue weighted by Gasteiger charge is 2.44. The van der Waals surface area contributed by atoms with Crippen LogP contribution in [0.2, 0.25) is 0 Å². The zero-order valence-corrected chi connectivity index (χ0v) is 16.9. The Bertz CT molecular complexity index is 804. The Hall–Kier alpha value is -1.84. The molecule has 3 nitrogen and oxygen atoms in total. The van der Waals surface area contributed by atoms with Crippen LogP contribution < -0.4 is 0 Å². The number of nitrogens with zero attached hydrogens (tertiary/aromatic N) is 2. The van der Waals surface area contributed by atoms with E-state index in [4.69, 9.17) is 0 Å². The number of benzene rings is 2. The topological polar surface area (TPSA) is 26.7 Å². The van der Waals surface area contributed by atoms with Crippen molar-refractivity contribution >= 4 is 0 Å². The maximum Gasteiger partial charge on any atom is 0.115 e. The first kappa shape index (κ1) is 18.5. The van der Waals surface area contributed by atoms with Gasteiger partial charge in [0, 0.05) is 38.8 Å². The Morgan fingerprint density at radius 1 is 1.07 bits per heavy atom. The molecule has 144 valence electrons. The van der Waals surface area contributed by atoms with Crippen LogP contribution in [0.15, 0.2) is 48.5 Å². The first-order valence-corrected chi connectivity index (χ1v) is 10.3. The van der Waals surface area contributed by atoms with Crippen molar-refractivity contribution in [3.63, 3.8) is 0 Å². The molecule has 2 fully saturated rings. The predicted molar refractivity (Wildman–Crippen MR) is 111 cm³/mol. The zero-order valence-electron chi connectivity index (χ0n) is 16.9. The number of hydrogen-bond donors (Lipinski definition) is 1. The lowest BCUT2D eigenvalue weighted by Gasteiger charge is -2.53. The van der Waals surface area contributed by atoms with E-state index in [-0.39, 0.29) is 5.41 Å². The maximum absolute atomic E-state index is 9.99. The average molecular weight is 365 g/mol. The van der Waals surface area contributed by atoms with Crippen molar-refractivity contribution in [2.45, 2.75) is 45.2 Å². The molecule has 0 saturated carbocycles. The van der Waals surface area contributed by atoms with Gasteiger partial charge in [-0.25, -0.2) is 0 Å². The normalized spacial score (nSPS) is 29.4. The van der Waals surface area contributed by atoms with E-state index in [9.17, 15) is 5.11 Å². The molecule has 2 aromatic carbocycles. The lowest BCUT2D eigenvalue weighted by Crippen LogP contribution is -2.60. The first-order valence-electron chi connectivity index (χ1n) is 10.3. The largest absolute Gasteiger partial charge is 0.508 e. The molecule has 4 rings (SSSR count). The van der Waals surface area contributed by atoms with Crippen LogP contribution in [-0.2, 0) is 12.0 Å². The van der Waals surface area contributed by atoms with Crippen molar-refractivity contribution in [2.24, 2.45) is 5.92 Å². The number of piperidine rings is 1. The SMILES string of the molecule is Cc1ccccc1CN1CCN2CC(C)[C@](C)(c3cccc(O)c3)CC2C1. The van der Waals surface area contributed by atoms with Crippen molar-refractivity contribution in [3.8, 4) is 5.75 Å². The van der Waals surface area contributed by atoms with Gasteiger partial charge in [0.1, 0.15) is 5.75 Å². The van der Waals surface area contributed by atoms with Gasteiger partial charge in [0.05, 0.1) is 0 Å². The fraction of sp³-hybridized carbons (Fsp3) is 0.500. The van der Waals surface area contributed by atoms with Crippen molar-refractivity contribution < 1.29 is 5.11 Å². The summed E-state index contributed by atoms with van der Waals surface area (Å²) in [4.78, 5) is 5.33. The number of rotatable bonds is 3. The van der Waals surface area contributed by atoms with Crippen molar-refractivity contribution in [3.05, 3.63) is 65.2 Å². The van der Waals surface area contributed by atoms with Crippen LogP contribution in [-0.4, -0.2) is 47.1 Å². The second-order valence-electron chi connectivity index (χ2n) is 8.88. The molecular formula is C24H32N2O. The lowest BCUT2D eigenvalue weighted by atomic mass is 9.65. The minimum Gasteiger partial charge on any atom is -0.508 e. The average Bonchev–Trinajstić information content (AvgIpc) is 2.65. The fourth-order valence-corrected chi connectivity index (χ4v) is 5.07. The van der Waals surface area contributed by atoms with E-state index >= 15 is 0 Å². The summed E-state index contributed by atoms with van der Waals surface area (Å²) < 4.78 is 0. The van der Waals surface area contributed by atoms with E-state index in [1.165, 1.54) is 16.7 Å². The van der Waals surface area contributed by atoms with E-state index < -0.39 is 0 Å². The van der Waals surface area contributed by atoms with Gasteiger partial charge >= 0.3 is 0 Å². The molecule has 2 heterocycles. The molecule has 0 spiro atoms. The second kappa shape index (κ2) is 7.29. The summed E-state index contributed by atoms with van der Waals surface area (Å²) in [7, 11) is 0. The number of hydrogen-bond acceptors (Lipinski definition) is 3. The first-order chi connectivity index (χ1) is 13.0. The number of aryl methyl sites for hydroxylation is 1. The van der Waals surface area contributed by atoms with Gasteiger partial charge in [-0.05, 0) is 53.5 Å². The smallest absolute Gasteiger partial charge is 0.115 e. The molecule has 0 amide bonds. The van der Waals surface area contributed by atoms with Crippen LogP contribution in [0.25, 0.3) is 0 Å². The van der Waals surface area contributed by atoms with Crippen molar-refractivity contribution in [2.75, 3.05) is 26.2 Å². The summed E-state index contributed by atoms with van der Waals surface area (Å²) in [6.07, 6.45) is 1.15. The number of fused-ring (bicyclic) bond motifs is 1. The molecule has 0 radical (unpaired) electrons. The Kier molecular flexibility index (Phi) is 5.00. The van der Waals surface area contributed by atoms with Gasteiger partial charge in [-0.3, -0.25) is 9.80 Å². The molecule has 0 bridgehead atoms. The minimum absolute atomic E-state index is 0.117. The zero-order chi connectivity index (χ0) is 19.0. The highest BCUT2D eigenvalue weighted by molar-refractivity contribution is 5.34. The number of phenolic OH excluding ortho intramolecular Hbond substituents is 1. The molecule has 0 aliphatic carbocycles. The van der Waals surface area contributed by atoms with Gasteiger partial charge in [0.25, 0.3) is 0 Å². The molecule has 2 aliphatic rings. The van der Waals surface area contributed by atoms with E-state index in [1.54, 1.807) is 6.07 Å². The standard InChI is InChI=1S/C24H32N2O/c1-18-7-4-5-8-20(18)16-25-11-12-26-15-19(2)24(3,14-22(26)17-25)21-9-6-10-23(27)13-21/h4-10,13,19,22,27H,11-12,14-17H2,1-3H3/t19?,22?,24-/m1/s1. The van der Waals surface area contributed by atoms with E-state index in [2.05, 4.69) is 60.9 Å². The van der Waals surface area contributed by atoms with Crippen LogP contribution in [0.1, 0.15) is 37.0 Å². The molecule has 2 saturated heterocycles. The van der Waals surface area contributed by atoms with Gasteiger partial charge in [-0.2, -0.15) is 0 Å². The third-order valence-corrected chi connectivity index (χ3v) is 7.11. The van der Waals surface area contributed by atoms with E-state index in [1.807, 2.05) is 12.1 Å². The van der Waals surface area contributed by atoms with Gasteiger partial charge in [0.15, 0.2) is 0 Å². The third-order valence-electron chi connectivity index (χ3n) is 7.11. The van der Waals surface area contributed by atoms with E-state index in [0.29, 0.717) is 17.7 Å². The summed E-state index contributed by atoms with van der Waals surface area (Å²) in [5, 5.41) is 9.99. The molecule has 2 aliphatic heterocycles. The van der Waals surface area contributed by atoms with Crippen molar-refractivity contribution in [1.82, 2.24) is 9.80 Å². The van der Waals surface area contributed by atoms with Crippen LogP contribution in [0, 0.1) is 12.8 Å². The Balaban J connectivity index is 1.51. The monoisotopic (exact) mass is 364 g/mol. The van der Waals surface area contributed by atoms with E-state index in [0.717, 1.165) is 39.1 Å². The fourth-order valence-electron chi connectivity index (χ4n) is 5.07. The van der Waals surface area contributed by atoms with Crippen LogP contribution in [0.4, 0.5) is 0 Å². The second-order valence-corrected chi connectivity index (χ2v) is 8.88. The maximum atomic E-state index is 9.99. The molecule has 3 heteroatoms. The molecule has 0 aromatic heterocycles. The van der Waals surface area contributed by atoms with Crippen molar-refractivity contribution in [1.29, 1.82) is 0 Å². The minimum atomic E-state index is 0.117. The Morgan fingerprint density at radius 3 is 2.67 bits per heavy atom. The van der Waals surface area contributed by atoms with Gasteiger partial charge in [0.2, 0.25) is 0 Å². The molecule has 2 unspecified atom stereocenters. The van der Waals surface area contributed by atoms with Crippen LogP contribution in [0.5, 0.6) is 5.75 Å². The number of phenols is 1. The highest BCUT2D eigenvalue weighted by Crippen LogP contribution is 2.43. The summed E-state index contributed by atoms with van der Waals surface area (Å²) in [5.74, 6) is 0.964. The summed E-state index contributed by atoms with van der Waals surface area (Å²) in [6, 6.07) is 17.3. The van der Waals surface area contributed by atoms with Crippen LogP contribution in [0.3, 0.4) is 0 Å². The molecule has 1 N–H and O–H groups in total. The Labute approximate surface area is 163 Å². The molecule has 27 heavy (non-hydrogen) atoms. The summed E-state index contributed by atoms with van der Waals surface area (Å²) in [6.45, 7) is 12.6. The lowest BCUT2D eigenvalue weighted by molar-refractivity contribution is -0.00562. The Morgan fingerprint density at radius 2 is 1.89 bits per heavy atom. The van der Waals surface area contributed by atoms with Gasteiger partial charge < -0.3 is 5.11 Å². The molecule has 2 aromatic rings. The van der Waals surface area contributed by atoms with Gasteiger partial charge in [-0.1, -0.05) is 50.2 Å². The molecular weight excluding hydrogens is 332 g/mol. The summed E-state index contributed by atoms with van der Waals surface area (Å²) in [5.41, 5.74) is 4.24. The highest BCUT2D eigenvalue weighted by atomic mass is 16.3. The number of piperazine rings is 1. The quantitative estimate of drug-likeness (QED) is 0.885. The number of aromatic hydroxyl groups is 1. The third kappa shape index (κ3) is 3.63. The summed E-state index contributed by atoms with van der Waals surface area (Å²) >= 11 is 0. The van der Waals surface area contributed by atoms with Gasteiger partial charge in [-0.15, -0.1) is 0 Å². The predicted octanol–water partition coefficient (Wildman–Crippen LogP) is 4.18. The van der Waals surface area contributed by atoms with Crippen LogP contribution >= 0.6 is 0 Å². The molecule has 3 atom stereocenters.